The van der Waals surface area contributed by atoms with E-state index in [-0.39, 0.29) is 5.69 Å². The lowest BCUT2D eigenvalue weighted by molar-refractivity contribution is 0.111. The van der Waals surface area contributed by atoms with Crippen LogP contribution < -0.4 is 20.4 Å². The standard InChI is InChI=1S/C20H34N4.C5H3FN2O/c1-15-13-24(14-16(2)22-15)17-6-7-18(21-5)19(12-17)23-10-8-20(3,4)9-11-23;6-5-7-2-1-4(3-9)8-5/h6-7,12,15-16,21-22H,8-11,13-14H2,1-5H3;1-3H. The van der Waals surface area contributed by atoms with Gasteiger partial charge in [0.05, 0.1) is 11.4 Å². The number of hydrogen-bond acceptors (Lipinski definition) is 7. The average Bonchev–Trinajstić information content (AvgIpc) is 2.78. The minimum absolute atomic E-state index is 0.0579. The Balaban J connectivity index is 0.000000286. The number of piperazine rings is 1. The third-order valence-corrected chi connectivity index (χ3v) is 6.40. The number of hydrogen-bond donors (Lipinski definition) is 2. The molecule has 2 aliphatic heterocycles. The zero-order valence-electron chi connectivity index (χ0n) is 20.4. The third-order valence-electron chi connectivity index (χ3n) is 6.40. The summed E-state index contributed by atoms with van der Waals surface area (Å²) in [6.07, 6.45) is 3.31. The molecule has 180 valence electrons. The van der Waals surface area contributed by atoms with E-state index in [2.05, 4.69) is 76.3 Å². The number of aldehydes is 1. The summed E-state index contributed by atoms with van der Waals surface area (Å²) in [5.41, 5.74) is 4.51. The summed E-state index contributed by atoms with van der Waals surface area (Å²) in [7, 11) is 2.03. The molecule has 2 N–H and O–H groups in total. The molecule has 2 fully saturated rings. The van der Waals surface area contributed by atoms with Crippen LogP contribution in [0.5, 0.6) is 0 Å². The SMILES string of the molecule is CNc1ccc(N2CC(C)NC(C)C2)cc1N1CCC(C)(C)CC1.O=Cc1ccnc(F)n1. The Morgan fingerprint density at radius 3 is 2.33 bits per heavy atom. The molecule has 33 heavy (non-hydrogen) atoms. The number of rotatable bonds is 4. The second kappa shape index (κ2) is 10.9. The number of benzene rings is 1. The highest BCUT2D eigenvalue weighted by atomic mass is 19.1. The van der Waals surface area contributed by atoms with Crippen molar-refractivity contribution in [3.8, 4) is 0 Å². The number of carbonyl (C=O) groups excluding carboxylic acids is 1. The van der Waals surface area contributed by atoms with Gasteiger partial charge in [-0.1, -0.05) is 13.8 Å². The Morgan fingerprint density at radius 2 is 1.79 bits per heavy atom. The van der Waals surface area contributed by atoms with E-state index in [9.17, 15) is 9.18 Å². The third kappa shape index (κ3) is 6.87. The van der Waals surface area contributed by atoms with Crippen molar-refractivity contribution < 1.29 is 9.18 Å². The van der Waals surface area contributed by atoms with Gasteiger partial charge >= 0.3 is 6.08 Å². The first-order valence-corrected chi connectivity index (χ1v) is 11.7. The first kappa shape index (κ1) is 24.9. The van der Waals surface area contributed by atoms with Crippen LogP contribution in [-0.4, -0.2) is 61.6 Å². The molecule has 3 heterocycles. The zero-order valence-corrected chi connectivity index (χ0v) is 20.4. The van der Waals surface area contributed by atoms with Gasteiger partial charge < -0.3 is 20.4 Å². The minimum atomic E-state index is -0.875. The lowest BCUT2D eigenvalue weighted by atomic mass is 9.82. The monoisotopic (exact) mass is 456 g/mol. The fraction of sp³-hybridized carbons (Fsp3) is 0.560. The molecule has 2 aromatic rings. The highest BCUT2D eigenvalue weighted by Crippen LogP contribution is 2.37. The molecule has 1 aromatic heterocycles. The van der Waals surface area contributed by atoms with Crippen LogP contribution >= 0.6 is 0 Å². The molecule has 0 amide bonds. The number of carbonyl (C=O) groups is 1. The molecule has 2 unspecified atom stereocenters. The molecule has 2 aliphatic rings. The molecule has 0 bridgehead atoms. The molecule has 0 saturated carbocycles. The van der Waals surface area contributed by atoms with Crippen molar-refractivity contribution in [2.45, 2.75) is 52.6 Å². The van der Waals surface area contributed by atoms with Gasteiger partial charge in [-0.25, -0.2) is 4.98 Å². The Bertz CT molecular complexity index is 917. The van der Waals surface area contributed by atoms with Gasteiger partial charge in [-0.3, -0.25) is 4.79 Å². The topological polar surface area (TPSA) is 73.4 Å². The Morgan fingerprint density at radius 1 is 1.12 bits per heavy atom. The van der Waals surface area contributed by atoms with Gasteiger partial charge in [0.25, 0.3) is 0 Å². The molecule has 0 spiro atoms. The number of piperidine rings is 1. The molecule has 2 atom stereocenters. The average molecular weight is 457 g/mol. The van der Waals surface area contributed by atoms with Crippen LogP contribution in [0.2, 0.25) is 0 Å². The second-order valence-corrected chi connectivity index (χ2v) is 9.84. The van der Waals surface area contributed by atoms with Gasteiger partial charge in [0.15, 0.2) is 6.29 Å². The minimum Gasteiger partial charge on any atom is -0.386 e. The van der Waals surface area contributed by atoms with Crippen LogP contribution in [0.4, 0.5) is 21.5 Å². The molecule has 1 aromatic carbocycles. The maximum Gasteiger partial charge on any atom is 0.309 e. The van der Waals surface area contributed by atoms with Gasteiger partial charge in [0.1, 0.15) is 5.69 Å². The quantitative estimate of drug-likeness (QED) is 0.533. The molecule has 8 heteroatoms. The number of halogens is 1. The molecule has 2 saturated heterocycles. The van der Waals surface area contributed by atoms with Crippen LogP contribution in [0.1, 0.15) is 51.0 Å². The predicted molar refractivity (Wildman–Crippen MR) is 133 cm³/mol. The van der Waals surface area contributed by atoms with E-state index in [1.165, 1.54) is 42.2 Å². The van der Waals surface area contributed by atoms with Crippen molar-refractivity contribution in [2.75, 3.05) is 48.3 Å². The molecule has 0 aliphatic carbocycles. The Kier molecular flexibility index (Phi) is 8.24. The van der Waals surface area contributed by atoms with Gasteiger partial charge in [-0.05, 0) is 56.4 Å². The van der Waals surface area contributed by atoms with Gasteiger partial charge in [0.2, 0.25) is 0 Å². The van der Waals surface area contributed by atoms with E-state index in [0.717, 1.165) is 26.2 Å². The summed E-state index contributed by atoms with van der Waals surface area (Å²) >= 11 is 0. The van der Waals surface area contributed by atoms with Crippen LogP contribution in [0.3, 0.4) is 0 Å². The zero-order chi connectivity index (χ0) is 24.0. The largest absolute Gasteiger partial charge is 0.386 e. The van der Waals surface area contributed by atoms with E-state index >= 15 is 0 Å². The van der Waals surface area contributed by atoms with Gasteiger partial charge in [0, 0.05) is 57.2 Å². The predicted octanol–water partition coefficient (Wildman–Crippen LogP) is 3.97. The van der Waals surface area contributed by atoms with Crippen molar-refractivity contribution in [3.63, 3.8) is 0 Å². The maximum atomic E-state index is 12.0. The lowest BCUT2D eigenvalue weighted by Gasteiger charge is -2.40. The summed E-state index contributed by atoms with van der Waals surface area (Å²) in [6.45, 7) is 13.8. The fourth-order valence-corrected chi connectivity index (χ4v) is 4.49. The van der Waals surface area contributed by atoms with Crippen molar-refractivity contribution in [2.24, 2.45) is 5.41 Å². The van der Waals surface area contributed by atoms with Crippen LogP contribution in [0.25, 0.3) is 0 Å². The maximum absolute atomic E-state index is 12.0. The van der Waals surface area contributed by atoms with E-state index in [1.54, 1.807) is 0 Å². The Hall–Kier alpha value is -2.74. The smallest absolute Gasteiger partial charge is 0.309 e. The number of anilines is 3. The molecular weight excluding hydrogens is 419 g/mol. The van der Waals surface area contributed by atoms with Crippen molar-refractivity contribution in [1.82, 2.24) is 15.3 Å². The summed E-state index contributed by atoms with van der Waals surface area (Å²) in [4.78, 5) is 21.3. The van der Waals surface area contributed by atoms with Gasteiger partial charge in [-0.15, -0.1) is 0 Å². The van der Waals surface area contributed by atoms with Crippen LogP contribution in [0, 0.1) is 11.5 Å². The molecule has 4 rings (SSSR count). The van der Waals surface area contributed by atoms with Gasteiger partial charge in [-0.2, -0.15) is 9.37 Å². The van der Waals surface area contributed by atoms with Crippen molar-refractivity contribution >= 4 is 23.3 Å². The molecule has 0 radical (unpaired) electrons. The van der Waals surface area contributed by atoms with Crippen molar-refractivity contribution in [1.29, 1.82) is 0 Å². The summed E-state index contributed by atoms with van der Waals surface area (Å²) in [5.74, 6) is 0. The second-order valence-electron chi connectivity index (χ2n) is 9.84. The normalized spacial score (nSPS) is 22.2. The highest BCUT2D eigenvalue weighted by molar-refractivity contribution is 5.75. The highest BCUT2D eigenvalue weighted by Gasteiger charge is 2.27. The number of nitrogens with zero attached hydrogens (tertiary/aromatic N) is 4. The Labute approximate surface area is 196 Å². The first-order chi connectivity index (χ1) is 15.7. The molecular formula is C25H37FN6O. The number of nitrogens with one attached hydrogen (secondary N) is 2. The van der Waals surface area contributed by atoms with Crippen LogP contribution in [0.15, 0.2) is 30.5 Å². The summed E-state index contributed by atoms with van der Waals surface area (Å²) < 4.78 is 12.0. The van der Waals surface area contributed by atoms with E-state index in [4.69, 9.17) is 0 Å². The fourth-order valence-electron chi connectivity index (χ4n) is 4.49. The van der Waals surface area contributed by atoms with Crippen molar-refractivity contribution in [3.05, 3.63) is 42.2 Å². The van der Waals surface area contributed by atoms with E-state index in [0.29, 0.717) is 23.8 Å². The lowest BCUT2D eigenvalue weighted by Crippen LogP contribution is -2.54. The van der Waals surface area contributed by atoms with Crippen LogP contribution in [-0.2, 0) is 0 Å². The molecule has 7 nitrogen and oxygen atoms in total. The summed E-state index contributed by atoms with van der Waals surface area (Å²) in [5, 5.41) is 7.01. The number of aromatic nitrogens is 2. The van der Waals surface area contributed by atoms with E-state index < -0.39 is 6.08 Å². The summed E-state index contributed by atoms with van der Waals surface area (Å²) in [6, 6.07) is 9.33. The first-order valence-electron chi connectivity index (χ1n) is 11.7. The van der Waals surface area contributed by atoms with E-state index in [1.807, 2.05) is 7.05 Å².